The van der Waals surface area contributed by atoms with E-state index in [-0.39, 0.29) is 31.1 Å². The number of aliphatic hydroxyl groups is 1. The molecule has 40 heavy (non-hydrogen) atoms. The lowest BCUT2D eigenvalue weighted by Crippen LogP contribution is -2.31. The number of ether oxygens (including phenoxy) is 2. The zero-order chi connectivity index (χ0) is 28.3. The molecule has 9 nitrogen and oxygen atoms in total. The first-order valence-corrected chi connectivity index (χ1v) is 14.6. The van der Waals surface area contributed by atoms with Crippen molar-refractivity contribution in [1.29, 1.82) is 0 Å². The molecular formula is C30H37N3O6S. The monoisotopic (exact) mass is 567 g/mol. The number of aryl methyl sites for hydroxylation is 1. The first-order valence-electron chi connectivity index (χ1n) is 13.6. The van der Waals surface area contributed by atoms with Crippen molar-refractivity contribution >= 4 is 29.3 Å². The standard InChI is InChI=1S/C30H37N3O6S/c1-33-17-16-31-30(33)40-20-25-18-26(22-10-8-21(19-34)9-11-22)39-29(38-25)23-12-14-24(15-13-23)32-27(35)6-4-2-3-5-7-28(36)37/h8-17,25-26,29,34H,2-7,18-20H2,1H3,(H,32,35)(H,36,37). The van der Waals surface area contributed by atoms with Crippen molar-refractivity contribution in [3.63, 3.8) is 0 Å². The largest absolute Gasteiger partial charge is 0.481 e. The number of aromatic nitrogens is 2. The van der Waals surface area contributed by atoms with Gasteiger partial charge in [0, 0.05) is 55.7 Å². The van der Waals surface area contributed by atoms with Crippen molar-refractivity contribution < 1.29 is 29.3 Å². The molecule has 214 valence electrons. The van der Waals surface area contributed by atoms with Gasteiger partial charge < -0.3 is 29.6 Å². The molecule has 3 N–H and O–H groups in total. The number of rotatable bonds is 14. The van der Waals surface area contributed by atoms with Gasteiger partial charge in [0.15, 0.2) is 11.4 Å². The molecule has 2 heterocycles. The van der Waals surface area contributed by atoms with Crippen LogP contribution in [0.1, 0.15) is 74.0 Å². The molecule has 3 aromatic rings. The second-order valence-corrected chi connectivity index (χ2v) is 10.9. The molecule has 0 saturated carbocycles. The third-order valence-corrected chi connectivity index (χ3v) is 7.99. The molecule has 3 unspecified atom stereocenters. The number of imidazole rings is 1. The summed E-state index contributed by atoms with van der Waals surface area (Å²) in [5.41, 5.74) is 3.45. The fourth-order valence-electron chi connectivity index (χ4n) is 4.54. The van der Waals surface area contributed by atoms with Gasteiger partial charge in [-0.2, -0.15) is 0 Å². The van der Waals surface area contributed by atoms with Crippen LogP contribution in [0.2, 0.25) is 0 Å². The Kier molecular flexibility index (Phi) is 11.2. The van der Waals surface area contributed by atoms with E-state index < -0.39 is 12.3 Å². The predicted molar refractivity (Wildman–Crippen MR) is 153 cm³/mol. The molecule has 3 atom stereocenters. The quantitative estimate of drug-likeness (QED) is 0.170. The number of carbonyl (C=O) groups is 2. The highest BCUT2D eigenvalue weighted by molar-refractivity contribution is 7.99. The Bertz CT molecular complexity index is 1230. The van der Waals surface area contributed by atoms with Gasteiger partial charge >= 0.3 is 5.97 Å². The zero-order valence-corrected chi connectivity index (χ0v) is 23.5. The van der Waals surface area contributed by atoms with Crippen LogP contribution in [0.5, 0.6) is 0 Å². The van der Waals surface area contributed by atoms with Crippen LogP contribution in [0.3, 0.4) is 0 Å². The van der Waals surface area contributed by atoms with Crippen molar-refractivity contribution in [2.75, 3.05) is 11.1 Å². The van der Waals surface area contributed by atoms with E-state index in [0.717, 1.165) is 46.9 Å². The summed E-state index contributed by atoms with van der Waals surface area (Å²) >= 11 is 1.65. The summed E-state index contributed by atoms with van der Waals surface area (Å²) < 4.78 is 14.8. The van der Waals surface area contributed by atoms with Crippen LogP contribution < -0.4 is 5.32 Å². The molecule has 10 heteroatoms. The number of hydrogen-bond donors (Lipinski definition) is 3. The van der Waals surface area contributed by atoms with Crippen LogP contribution in [0, 0.1) is 0 Å². The van der Waals surface area contributed by atoms with E-state index in [2.05, 4.69) is 10.3 Å². The minimum absolute atomic E-state index is 0.00382. The van der Waals surface area contributed by atoms with Crippen LogP contribution in [-0.2, 0) is 32.7 Å². The van der Waals surface area contributed by atoms with E-state index >= 15 is 0 Å². The SMILES string of the molecule is Cn1ccnc1SCC1CC(c2ccc(CO)cc2)OC(c2ccc(NC(=O)CCCCCCC(=O)O)cc2)O1. The van der Waals surface area contributed by atoms with E-state index in [1.165, 1.54) is 0 Å². The fourth-order valence-corrected chi connectivity index (χ4v) is 5.49. The summed E-state index contributed by atoms with van der Waals surface area (Å²) in [5, 5.41) is 22.0. The van der Waals surface area contributed by atoms with Gasteiger partial charge in [0.1, 0.15) is 0 Å². The van der Waals surface area contributed by atoms with Gasteiger partial charge in [-0.25, -0.2) is 4.98 Å². The number of aliphatic carboxylic acids is 1. The topological polar surface area (TPSA) is 123 Å². The Balaban J connectivity index is 1.35. The number of nitrogens with one attached hydrogen (secondary N) is 1. The Morgan fingerprint density at radius 2 is 1.70 bits per heavy atom. The average Bonchev–Trinajstić information content (AvgIpc) is 3.38. The normalized spacial score (nSPS) is 18.9. The number of carboxylic acid groups (broad SMARTS) is 1. The molecule has 1 saturated heterocycles. The minimum Gasteiger partial charge on any atom is -0.481 e. The lowest BCUT2D eigenvalue weighted by molar-refractivity contribution is -0.245. The lowest BCUT2D eigenvalue weighted by Gasteiger charge is -2.36. The first kappa shape index (κ1) is 29.8. The Hall–Kier alpha value is -3.18. The smallest absolute Gasteiger partial charge is 0.303 e. The van der Waals surface area contributed by atoms with Gasteiger partial charge in [0.05, 0.1) is 18.8 Å². The van der Waals surface area contributed by atoms with Gasteiger partial charge in [0.25, 0.3) is 0 Å². The summed E-state index contributed by atoms with van der Waals surface area (Å²) in [6.07, 6.45) is 7.16. The molecule has 2 aromatic carbocycles. The number of carbonyl (C=O) groups excluding carboxylic acids is 1. The number of anilines is 1. The van der Waals surface area contributed by atoms with Gasteiger partial charge in [0.2, 0.25) is 5.91 Å². The number of thioether (sulfide) groups is 1. The van der Waals surface area contributed by atoms with E-state index in [0.29, 0.717) is 24.9 Å². The van der Waals surface area contributed by atoms with Crippen LogP contribution in [-0.4, -0.2) is 43.5 Å². The van der Waals surface area contributed by atoms with Crippen LogP contribution in [0.4, 0.5) is 5.69 Å². The fraction of sp³-hybridized carbons (Fsp3) is 0.433. The lowest BCUT2D eigenvalue weighted by atomic mass is 10.0. The van der Waals surface area contributed by atoms with Crippen molar-refractivity contribution in [1.82, 2.24) is 9.55 Å². The predicted octanol–water partition coefficient (Wildman–Crippen LogP) is 5.61. The van der Waals surface area contributed by atoms with Crippen molar-refractivity contribution in [2.45, 2.75) is 75.2 Å². The molecule has 0 bridgehead atoms. The Morgan fingerprint density at radius 1 is 1.00 bits per heavy atom. The minimum atomic E-state index is -0.781. The van der Waals surface area contributed by atoms with E-state index in [9.17, 15) is 14.7 Å². The summed E-state index contributed by atoms with van der Waals surface area (Å²) in [4.78, 5) is 27.3. The molecule has 1 fully saturated rings. The number of unbranched alkanes of at least 4 members (excludes halogenated alkanes) is 3. The molecule has 0 radical (unpaired) electrons. The number of hydrogen-bond acceptors (Lipinski definition) is 7. The third-order valence-electron chi connectivity index (χ3n) is 6.80. The number of benzene rings is 2. The summed E-state index contributed by atoms with van der Waals surface area (Å²) in [6, 6.07) is 15.3. The van der Waals surface area contributed by atoms with Crippen LogP contribution in [0.25, 0.3) is 0 Å². The maximum Gasteiger partial charge on any atom is 0.303 e. The third kappa shape index (κ3) is 8.92. The molecule has 1 aliphatic rings. The molecule has 4 rings (SSSR count). The molecule has 0 aliphatic carbocycles. The number of amides is 1. The number of aliphatic hydroxyl groups excluding tert-OH is 1. The second kappa shape index (κ2) is 15.0. The van der Waals surface area contributed by atoms with Crippen molar-refractivity contribution in [3.05, 3.63) is 77.6 Å². The van der Waals surface area contributed by atoms with Gasteiger partial charge in [-0.3, -0.25) is 9.59 Å². The van der Waals surface area contributed by atoms with E-state index in [1.54, 1.807) is 18.0 Å². The Morgan fingerprint density at radius 3 is 2.35 bits per heavy atom. The molecule has 1 amide bonds. The van der Waals surface area contributed by atoms with Gasteiger partial charge in [-0.15, -0.1) is 0 Å². The number of nitrogens with zero attached hydrogens (tertiary/aromatic N) is 2. The van der Waals surface area contributed by atoms with Gasteiger partial charge in [-0.05, 0) is 36.1 Å². The van der Waals surface area contributed by atoms with Crippen molar-refractivity contribution in [2.24, 2.45) is 7.05 Å². The highest BCUT2D eigenvalue weighted by Gasteiger charge is 2.32. The zero-order valence-electron chi connectivity index (χ0n) is 22.7. The second-order valence-electron chi connectivity index (χ2n) is 9.96. The Labute approximate surface area is 238 Å². The summed E-state index contributed by atoms with van der Waals surface area (Å²) in [7, 11) is 1.97. The van der Waals surface area contributed by atoms with E-state index in [1.807, 2.05) is 66.3 Å². The van der Waals surface area contributed by atoms with Crippen LogP contribution in [0.15, 0.2) is 66.1 Å². The maximum absolute atomic E-state index is 12.3. The summed E-state index contributed by atoms with van der Waals surface area (Å²) in [5.74, 6) is -0.120. The molecule has 1 aliphatic heterocycles. The number of carboxylic acids is 1. The molecule has 1 aromatic heterocycles. The van der Waals surface area contributed by atoms with Gasteiger partial charge in [-0.1, -0.05) is 61.0 Å². The van der Waals surface area contributed by atoms with Crippen molar-refractivity contribution in [3.8, 4) is 0 Å². The molecular weight excluding hydrogens is 530 g/mol. The maximum atomic E-state index is 12.3. The van der Waals surface area contributed by atoms with Crippen LogP contribution >= 0.6 is 11.8 Å². The highest BCUT2D eigenvalue weighted by Crippen LogP contribution is 2.39. The van der Waals surface area contributed by atoms with E-state index in [4.69, 9.17) is 14.6 Å². The average molecular weight is 568 g/mol. The molecule has 0 spiro atoms. The highest BCUT2D eigenvalue weighted by atomic mass is 32.2. The summed E-state index contributed by atoms with van der Waals surface area (Å²) in [6.45, 7) is -0.00382. The first-order chi connectivity index (χ1) is 19.4.